The fourth-order valence-electron chi connectivity index (χ4n) is 3.04. The van der Waals surface area contributed by atoms with Crippen LogP contribution in [0, 0.1) is 5.92 Å². The van der Waals surface area contributed by atoms with E-state index in [4.69, 9.17) is 4.74 Å². The van der Waals surface area contributed by atoms with Crippen LogP contribution >= 0.6 is 0 Å². The second kappa shape index (κ2) is 5.93. The number of nitrogens with one attached hydrogen (secondary N) is 1. The molecule has 3 nitrogen and oxygen atoms in total. The van der Waals surface area contributed by atoms with Crippen molar-refractivity contribution in [3.8, 4) is 0 Å². The highest BCUT2D eigenvalue weighted by Gasteiger charge is 2.31. The lowest BCUT2D eigenvalue weighted by molar-refractivity contribution is 0.132. The van der Waals surface area contributed by atoms with Crippen molar-refractivity contribution in [2.45, 2.75) is 25.3 Å². The molecule has 0 bridgehead atoms. The molecule has 0 amide bonds. The van der Waals surface area contributed by atoms with Crippen molar-refractivity contribution in [1.82, 2.24) is 4.90 Å². The molecule has 1 unspecified atom stereocenters. The lowest BCUT2D eigenvalue weighted by Crippen LogP contribution is -2.38. The third-order valence-corrected chi connectivity index (χ3v) is 4.25. The molecule has 1 saturated carbocycles. The van der Waals surface area contributed by atoms with Gasteiger partial charge in [0.25, 0.3) is 0 Å². The first-order valence-electron chi connectivity index (χ1n) is 7.41. The molecule has 19 heavy (non-hydrogen) atoms. The van der Waals surface area contributed by atoms with Gasteiger partial charge in [0.2, 0.25) is 0 Å². The van der Waals surface area contributed by atoms with Gasteiger partial charge in [-0.3, -0.25) is 4.90 Å². The van der Waals surface area contributed by atoms with Crippen molar-refractivity contribution >= 4 is 5.69 Å². The summed E-state index contributed by atoms with van der Waals surface area (Å²) in [6, 6.07) is 9.53. The van der Waals surface area contributed by atoms with Gasteiger partial charge in [0, 0.05) is 38.5 Å². The number of fused-ring (bicyclic) bond motifs is 1. The second-order valence-corrected chi connectivity index (χ2v) is 5.83. The molecule has 3 rings (SSSR count). The topological polar surface area (TPSA) is 24.5 Å². The predicted octanol–water partition coefficient (Wildman–Crippen LogP) is 2.38. The molecule has 1 atom stereocenters. The highest BCUT2D eigenvalue weighted by Crippen LogP contribution is 2.30. The molecule has 0 saturated heterocycles. The van der Waals surface area contributed by atoms with Crippen LogP contribution in [0.1, 0.15) is 18.4 Å². The van der Waals surface area contributed by atoms with Gasteiger partial charge in [-0.25, -0.2) is 0 Å². The van der Waals surface area contributed by atoms with E-state index in [1.54, 1.807) is 7.11 Å². The number of hydrogen-bond acceptors (Lipinski definition) is 3. The average molecular weight is 260 g/mol. The zero-order valence-corrected chi connectivity index (χ0v) is 11.8. The highest BCUT2D eigenvalue weighted by molar-refractivity contribution is 5.53. The van der Waals surface area contributed by atoms with Crippen molar-refractivity contribution < 1.29 is 4.74 Å². The molecular formula is C16H24N2O. The molecule has 2 aliphatic rings. The SMILES string of the molecule is COCCN(CC1CNc2ccccc2C1)C1CC1. The smallest absolute Gasteiger partial charge is 0.0589 e. The van der Waals surface area contributed by atoms with Crippen LogP contribution in [0.25, 0.3) is 0 Å². The Hall–Kier alpha value is -1.06. The maximum absolute atomic E-state index is 5.24. The summed E-state index contributed by atoms with van der Waals surface area (Å²) in [4.78, 5) is 2.63. The summed E-state index contributed by atoms with van der Waals surface area (Å²) in [6.07, 6.45) is 3.96. The Balaban J connectivity index is 1.58. The second-order valence-electron chi connectivity index (χ2n) is 5.83. The highest BCUT2D eigenvalue weighted by atomic mass is 16.5. The molecule has 1 heterocycles. The van der Waals surface area contributed by atoms with E-state index in [-0.39, 0.29) is 0 Å². The standard InChI is InChI=1S/C16H24N2O/c1-19-9-8-18(15-6-7-15)12-13-10-14-4-2-3-5-16(14)17-11-13/h2-5,13,15,17H,6-12H2,1H3. The maximum Gasteiger partial charge on any atom is 0.0589 e. The summed E-state index contributed by atoms with van der Waals surface area (Å²) in [5.41, 5.74) is 2.80. The number of benzene rings is 1. The summed E-state index contributed by atoms with van der Waals surface area (Å²) in [6.45, 7) is 4.25. The maximum atomic E-state index is 5.24. The van der Waals surface area contributed by atoms with Crippen molar-refractivity contribution in [2.24, 2.45) is 5.92 Å². The van der Waals surface area contributed by atoms with Crippen LogP contribution in [0.15, 0.2) is 24.3 Å². The van der Waals surface area contributed by atoms with Crippen LogP contribution in [0.5, 0.6) is 0 Å². The molecule has 1 N–H and O–H groups in total. The van der Waals surface area contributed by atoms with Gasteiger partial charge in [0.1, 0.15) is 0 Å². The van der Waals surface area contributed by atoms with E-state index in [0.29, 0.717) is 0 Å². The first kappa shape index (κ1) is 12.9. The van der Waals surface area contributed by atoms with Gasteiger partial charge in [-0.15, -0.1) is 0 Å². The fourth-order valence-corrected chi connectivity index (χ4v) is 3.04. The molecule has 1 aromatic rings. The molecule has 1 fully saturated rings. The minimum Gasteiger partial charge on any atom is -0.384 e. The molecular weight excluding hydrogens is 236 g/mol. The Bertz CT molecular complexity index is 417. The molecule has 0 spiro atoms. The molecule has 3 heteroatoms. The van der Waals surface area contributed by atoms with Crippen LogP contribution in [-0.2, 0) is 11.2 Å². The zero-order chi connectivity index (χ0) is 13.1. The summed E-state index contributed by atoms with van der Waals surface area (Å²) in [7, 11) is 1.80. The third kappa shape index (κ3) is 3.28. The van der Waals surface area contributed by atoms with Crippen LogP contribution in [0.3, 0.4) is 0 Å². The summed E-state index contributed by atoms with van der Waals surface area (Å²) < 4.78 is 5.24. The van der Waals surface area contributed by atoms with E-state index < -0.39 is 0 Å². The van der Waals surface area contributed by atoms with Crippen molar-refractivity contribution in [3.63, 3.8) is 0 Å². The summed E-state index contributed by atoms with van der Waals surface area (Å²) >= 11 is 0. The van der Waals surface area contributed by atoms with Gasteiger partial charge in [0.15, 0.2) is 0 Å². The quantitative estimate of drug-likeness (QED) is 0.850. The van der Waals surface area contributed by atoms with E-state index in [9.17, 15) is 0 Å². The fraction of sp³-hybridized carbons (Fsp3) is 0.625. The summed E-state index contributed by atoms with van der Waals surface area (Å²) in [5, 5.41) is 3.58. The molecule has 1 aliphatic heterocycles. The Labute approximate surface area is 115 Å². The molecule has 1 aliphatic carbocycles. The van der Waals surface area contributed by atoms with Crippen molar-refractivity contribution in [2.75, 3.05) is 38.7 Å². The Kier molecular flexibility index (Phi) is 4.04. The van der Waals surface area contributed by atoms with E-state index >= 15 is 0 Å². The number of nitrogens with zero attached hydrogens (tertiary/aromatic N) is 1. The average Bonchev–Trinajstić information content (AvgIpc) is 3.28. The Morgan fingerprint density at radius 2 is 2.16 bits per heavy atom. The van der Waals surface area contributed by atoms with Gasteiger partial charge in [-0.2, -0.15) is 0 Å². The molecule has 104 valence electrons. The van der Waals surface area contributed by atoms with Gasteiger partial charge >= 0.3 is 0 Å². The van der Waals surface area contributed by atoms with Crippen LogP contribution in [-0.4, -0.2) is 44.3 Å². The van der Waals surface area contributed by atoms with Crippen LogP contribution in [0.4, 0.5) is 5.69 Å². The molecule has 0 radical (unpaired) electrons. The van der Waals surface area contributed by atoms with E-state index in [1.807, 2.05) is 0 Å². The van der Waals surface area contributed by atoms with Gasteiger partial charge in [-0.05, 0) is 36.8 Å². The molecule has 1 aromatic carbocycles. The number of ether oxygens (including phenoxy) is 1. The minimum absolute atomic E-state index is 0.729. The first-order valence-corrected chi connectivity index (χ1v) is 7.41. The van der Waals surface area contributed by atoms with E-state index in [1.165, 1.54) is 37.1 Å². The summed E-state index contributed by atoms with van der Waals surface area (Å²) in [5.74, 6) is 0.729. The normalized spacial score (nSPS) is 22.1. The zero-order valence-electron chi connectivity index (χ0n) is 11.8. The number of para-hydroxylation sites is 1. The van der Waals surface area contributed by atoms with Crippen molar-refractivity contribution in [1.29, 1.82) is 0 Å². The lowest BCUT2D eigenvalue weighted by Gasteiger charge is -2.31. The number of methoxy groups -OCH3 is 1. The van der Waals surface area contributed by atoms with Gasteiger partial charge in [0.05, 0.1) is 6.61 Å². The monoisotopic (exact) mass is 260 g/mol. The minimum atomic E-state index is 0.729. The van der Waals surface area contributed by atoms with Crippen LogP contribution in [0.2, 0.25) is 0 Å². The number of rotatable bonds is 6. The largest absolute Gasteiger partial charge is 0.384 e. The Morgan fingerprint density at radius 1 is 1.32 bits per heavy atom. The van der Waals surface area contributed by atoms with E-state index in [2.05, 4.69) is 34.5 Å². The van der Waals surface area contributed by atoms with E-state index in [0.717, 1.165) is 31.7 Å². The number of hydrogen-bond donors (Lipinski definition) is 1. The predicted molar refractivity (Wildman–Crippen MR) is 78.6 cm³/mol. The van der Waals surface area contributed by atoms with Crippen molar-refractivity contribution in [3.05, 3.63) is 29.8 Å². The first-order chi connectivity index (χ1) is 9.36. The van der Waals surface area contributed by atoms with Gasteiger partial charge in [-0.1, -0.05) is 18.2 Å². The molecule has 0 aromatic heterocycles. The Morgan fingerprint density at radius 3 is 2.95 bits per heavy atom. The van der Waals surface area contributed by atoms with Crippen LogP contribution < -0.4 is 5.32 Å². The van der Waals surface area contributed by atoms with Gasteiger partial charge < -0.3 is 10.1 Å². The lowest BCUT2D eigenvalue weighted by atomic mass is 9.93. The third-order valence-electron chi connectivity index (χ3n) is 4.25. The number of anilines is 1.